The summed E-state index contributed by atoms with van der Waals surface area (Å²) in [5.41, 5.74) is -0.683. The summed E-state index contributed by atoms with van der Waals surface area (Å²) in [5, 5.41) is 0.266. The molecule has 0 aliphatic heterocycles. The van der Waals surface area contributed by atoms with Crippen molar-refractivity contribution >= 4 is 34.2 Å². The van der Waals surface area contributed by atoms with Crippen LogP contribution in [0.4, 0.5) is 0 Å². The third kappa shape index (κ3) is 3.95. The van der Waals surface area contributed by atoms with Crippen molar-refractivity contribution in [1.82, 2.24) is 0 Å². The van der Waals surface area contributed by atoms with Crippen LogP contribution < -0.4 is 0 Å². The van der Waals surface area contributed by atoms with Crippen molar-refractivity contribution in [3.05, 3.63) is 0 Å². The van der Waals surface area contributed by atoms with Gasteiger partial charge in [0.2, 0.25) is 0 Å². The SMILES string of the molecule is CCCSC(=O)CCC(C)C1CCC2C3C(=O)CC4(C)CC(=O)CCC4C3CC(=O)C12C. The Kier molecular flexibility index (Phi) is 6.80. The summed E-state index contributed by atoms with van der Waals surface area (Å²) in [4.78, 5) is 51.6. The first-order chi connectivity index (χ1) is 15.1. The first-order valence-electron chi connectivity index (χ1n) is 12.8. The summed E-state index contributed by atoms with van der Waals surface area (Å²) >= 11 is 1.43. The van der Waals surface area contributed by atoms with Crippen LogP contribution in [0.1, 0.15) is 91.9 Å². The zero-order valence-electron chi connectivity index (χ0n) is 20.3. The lowest BCUT2D eigenvalue weighted by Crippen LogP contribution is -2.59. The number of rotatable bonds is 6. The Labute approximate surface area is 197 Å². The highest BCUT2D eigenvalue weighted by atomic mass is 32.2. The second kappa shape index (κ2) is 9.00. The maximum Gasteiger partial charge on any atom is 0.188 e. The van der Waals surface area contributed by atoms with Gasteiger partial charge in [0, 0.05) is 49.2 Å². The van der Waals surface area contributed by atoms with Gasteiger partial charge in [0.05, 0.1) is 0 Å². The first kappa shape index (κ1) is 24.2. The van der Waals surface area contributed by atoms with Crippen LogP contribution in [0.25, 0.3) is 0 Å². The second-order valence-corrected chi connectivity index (χ2v) is 12.9. The number of thioether (sulfide) groups is 1. The first-order valence-corrected chi connectivity index (χ1v) is 13.8. The minimum Gasteiger partial charge on any atom is -0.300 e. The highest BCUT2D eigenvalue weighted by Gasteiger charge is 2.65. The Balaban J connectivity index is 1.52. The van der Waals surface area contributed by atoms with E-state index in [9.17, 15) is 19.2 Å². The summed E-state index contributed by atoms with van der Waals surface area (Å²) in [5.74, 6) is 2.97. The van der Waals surface area contributed by atoms with Gasteiger partial charge in [-0.05, 0) is 67.1 Å². The molecule has 8 unspecified atom stereocenters. The van der Waals surface area contributed by atoms with E-state index in [2.05, 4.69) is 27.7 Å². The van der Waals surface area contributed by atoms with Gasteiger partial charge < -0.3 is 0 Å². The molecule has 0 bridgehead atoms. The molecule has 4 rings (SSSR count). The van der Waals surface area contributed by atoms with E-state index >= 15 is 0 Å². The highest BCUT2D eigenvalue weighted by Crippen LogP contribution is 2.65. The molecule has 0 aromatic rings. The molecule has 5 heteroatoms. The smallest absolute Gasteiger partial charge is 0.188 e. The number of fused-ring (bicyclic) bond motifs is 5. The average molecular weight is 461 g/mol. The van der Waals surface area contributed by atoms with Crippen LogP contribution in [0.15, 0.2) is 0 Å². The molecule has 178 valence electrons. The maximum absolute atomic E-state index is 13.7. The van der Waals surface area contributed by atoms with Gasteiger partial charge in [-0.15, -0.1) is 0 Å². The number of carbonyl (C=O) groups excluding carboxylic acids is 4. The standard InChI is InChI=1S/C27H40O4S/c1-5-12-32-24(31)11-6-16(2)19-9-10-21-25-18(13-23(30)27(19,21)4)20-8-7-17(28)14-26(20,3)15-22(25)29/h16,18-21,25H,5-15H2,1-4H3. The lowest BCUT2D eigenvalue weighted by Gasteiger charge is -2.57. The molecular formula is C27H40O4S. The van der Waals surface area contributed by atoms with Crippen molar-refractivity contribution in [2.24, 2.45) is 46.3 Å². The molecule has 0 heterocycles. The molecule has 0 aromatic heterocycles. The quantitative estimate of drug-likeness (QED) is 0.512. The fraction of sp³-hybridized carbons (Fsp3) is 0.852. The topological polar surface area (TPSA) is 68.3 Å². The molecule has 4 aliphatic rings. The third-order valence-electron chi connectivity index (χ3n) is 9.90. The Hall–Kier alpha value is -0.970. The third-order valence-corrected chi connectivity index (χ3v) is 11.0. The van der Waals surface area contributed by atoms with E-state index in [1.165, 1.54) is 11.8 Å². The summed E-state index contributed by atoms with van der Waals surface area (Å²) in [6.45, 7) is 8.56. The fourth-order valence-electron chi connectivity index (χ4n) is 8.40. The van der Waals surface area contributed by atoms with E-state index in [1.54, 1.807) is 0 Å². The van der Waals surface area contributed by atoms with Crippen molar-refractivity contribution < 1.29 is 19.2 Å². The molecule has 32 heavy (non-hydrogen) atoms. The van der Waals surface area contributed by atoms with Gasteiger partial charge in [-0.3, -0.25) is 19.2 Å². The predicted molar refractivity (Wildman–Crippen MR) is 127 cm³/mol. The molecule has 0 N–H and O–H groups in total. The van der Waals surface area contributed by atoms with Crippen LogP contribution in [0, 0.1) is 46.3 Å². The summed E-state index contributed by atoms with van der Waals surface area (Å²) < 4.78 is 0. The highest BCUT2D eigenvalue weighted by molar-refractivity contribution is 8.13. The van der Waals surface area contributed by atoms with Crippen LogP contribution in [-0.4, -0.2) is 28.2 Å². The molecular weight excluding hydrogens is 420 g/mol. The van der Waals surface area contributed by atoms with E-state index in [4.69, 9.17) is 0 Å². The Morgan fingerprint density at radius 2 is 1.84 bits per heavy atom. The van der Waals surface area contributed by atoms with Crippen molar-refractivity contribution in [2.75, 3.05) is 5.75 Å². The van der Waals surface area contributed by atoms with Crippen molar-refractivity contribution in [2.45, 2.75) is 91.9 Å². The van der Waals surface area contributed by atoms with Gasteiger partial charge in [0.15, 0.2) is 5.12 Å². The Bertz CT molecular complexity index is 805. The largest absolute Gasteiger partial charge is 0.300 e. The van der Waals surface area contributed by atoms with Crippen molar-refractivity contribution in [3.8, 4) is 0 Å². The Morgan fingerprint density at radius 1 is 1.09 bits per heavy atom. The number of hydrogen-bond donors (Lipinski definition) is 0. The van der Waals surface area contributed by atoms with Gasteiger partial charge in [-0.25, -0.2) is 0 Å². The normalized spacial score (nSPS) is 42.2. The number of ketones is 3. The van der Waals surface area contributed by atoms with Gasteiger partial charge in [-0.1, -0.05) is 39.5 Å². The van der Waals surface area contributed by atoms with Crippen LogP contribution in [0.2, 0.25) is 0 Å². The van der Waals surface area contributed by atoms with Crippen molar-refractivity contribution in [3.63, 3.8) is 0 Å². The lowest BCUT2D eigenvalue weighted by atomic mass is 9.45. The number of Topliss-reactive ketones (excluding diaryl/α,β-unsaturated/α-hetero) is 3. The summed E-state index contributed by atoms with van der Waals surface area (Å²) in [7, 11) is 0. The molecule has 4 saturated carbocycles. The van der Waals surface area contributed by atoms with Gasteiger partial charge >= 0.3 is 0 Å². The van der Waals surface area contributed by atoms with E-state index < -0.39 is 5.41 Å². The van der Waals surface area contributed by atoms with Gasteiger partial charge in [0.1, 0.15) is 17.3 Å². The zero-order chi connectivity index (χ0) is 23.3. The van der Waals surface area contributed by atoms with Crippen LogP contribution >= 0.6 is 11.8 Å². The fourth-order valence-corrected chi connectivity index (χ4v) is 9.09. The molecule has 0 aromatic carbocycles. The summed E-state index contributed by atoms with van der Waals surface area (Å²) in [6, 6.07) is 0. The second-order valence-electron chi connectivity index (χ2n) is 11.8. The van der Waals surface area contributed by atoms with Crippen LogP contribution in [0.3, 0.4) is 0 Å². The molecule has 0 amide bonds. The van der Waals surface area contributed by atoms with Gasteiger partial charge in [-0.2, -0.15) is 0 Å². The molecule has 8 atom stereocenters. The molecule has 4 aliphatic carbocycles. The lowest BCUT2D eigenvalue weighted by molar-refractivity contribution is -0.163. The predicted octanol–water partition coefficient (Wildman–Crippen LogP) is 5.66. The maximum atomic E-state index is 13.7. The monoisotopic (exact) mass is 460 g/mol. The summed E-state index contributed by atoms with van der Waals surface area (Å²) in [6.07, 6.45) is 7.33. The van der Waals surface area contributed by atoms with Crippen LogP contribution in [-0.2, 0) is 19.2 Å². The Morgan fingerprint density at radius 3 is 2.56 bits per heavy atom. The molecule has 0 spiro atoms. The van der Waals surface area contributed by atoms with E-state index in [1.807, 2.05) is 0 Å². The number of carbonyl (C=O) groups is 4. The molecule has 4 fully saturated rings. The van der Waals surface area contributed by atoms with Crippen LogP contribution in [0.5, 0.6) is 0 Å². The zero-order valence-corrected chi connectivity index (χ0v) is 21.1. The molecule has 4 nitrogen and oxygen atoms in total. The van der Waals surface area contributed by atoms with E-state index in [0.717, 1.165) is 37.9 Å². The molecule has 0 radical (unpaired) electrons. The minimum absolute atomic E-state index is 0.0112. The molecule has 0 saturated heterocycles. The van der Waals surface area contributed by atoms with E-state index in [0.29, 0.717) is 55.5 Å². The van der Waals surface area contributed by atoms with E-state index in [-0.39, 0.29) is 40.0 Å². The number of hydrogen-bond acceptors (Lipinski definition) is 5. The van der Waals surface area contributed by atoms with Crippen molar-refractivity contribution in [1.29, 1.82) is 0 Å². The van der Waals surface area contributed by atoms with Gasteiger partial charge in [0.25, 0.3) is 0 Å². The average Bonchev–Trinajstić information content (AvgIpc) is 3.08. The minimum atomic E-state index is -0.436.